The number of hydrogen-bond donors (Lipinski definition) is 10. The van der Waals surface area contributed by atoms with Crippen LogP contribution < -0.4 is 53.8 Å². The molecule has 1 aromatic carbocycles. The molecule has 5 heterocycles. The highest BCUT2D eigenvalue weighted by Gasteiger charge is 2.58. The Morgan fingerprint density at radius 2 is 0.600 bits per heavy atom. The molecule has 5 saturated heterocycles. The summed E-state index contributed by atoms with van der Waals surface area (Å²) in [4.78, 5) is 12.1. The zero-order valence-electron chi connectivity index (χ0n) is 62.1. The van der Waals surface area contributed by atoms with Crippen LogP contribution in [0.4, 0.5) is 0 Å². The summed E-state index contributed by atoms with van der Waals surface area (Å²) < 4.78 is 0. The van der Waals surface area contributed by atoms with E-state index in [1.165, 1.54) is 276 Å². The quantitative estimate of drug-likeness (QED) is 0.0102. The van der Waals surface area contributed by atoms with E-state index in [0.717, 1.165) is 59.5 Å². The highest BCUT2D eigenvalue weighted by molar-refractivity contribution is 5.77. The SMILES string of the molecule is CCCCCCCC1CC2C3NC4NC(NC5NC(NC6NC(NC(N3)C2CC1CCCCCCC)C1CC(CCCCCCC)C(CCCCCCC)CC61)C1CC(CCCCCCC)C(CCCCCCC)CC51)C1CC(C#Cc2ccc(CC(=O)NN)cc2)CCC41. The number of fused-ring (bicyclic) bond motifs is 20. The van der Waals surface area contributed by atoms with Gasteiger partial charge in [-0.3, -0.25) is 52.8 Å². The Hall–Kier alpha value is -2.11. The normalized spacial score (nSPS) is 36.4. The number of amides is 1. The maximum absolute atomic E-state index is 12.1. The molecule has 5 aliphatic heterocycles. The van der Waals surface area contributed by atoms with E-state index in [-0.39, 0.29) is 49.3 Å². The van der Waals surface area contributed by atoms with E-state index >= 15 is 0 Å². The number of nitrogens with two attached hydrogens (primary N) is 1. The molecule has 11 nitrogen and oxygen atoms in total. The van der Waals surface area contributed by atoms with Crippen molar-refractivity contribution in [2.75, 3.05) is 0 Å². The lowest BCUT2D eigenvalue weighted by molar-refractivity contribution is -0.120. The van der Waals surface area contributed by atoms with Crippen LogP contribution in [-0.2, 0) is 11.2 Å². The molecule has 8 bridgehead atoms. The van der Waals surface area contributed by atoms with Gasteiger partial charge in [0, 0.05) is 11.5 Å². The van der Waals surface area contributed by atoms with Crippen LogP contribution in [0.15, 0.2) is 24.3 Å². The van der Waals surface area contributed by atoms with Crippen molar-refractivity contribution in [1.29, 1.82) is 0 Å². The van der Waals surface area contributed by atoms with Crippen LogP contribution in [0.5, 0.6) is 0 Å². The van der Waals surface area contributed by atoms with E-state index in [1.807, 2.05) is 12.1 Å². The highest BCUT2D eigenvalue weighted by atomic mass is 16.2. The molecule has 11 heteroatoms. The van der Waals surface area contributed by atoms with Gasteiger partial charge in [0.1, 0.15) is 0 Å². The van der Waals surface area contributed by atoms with Gasteiger partial charge < -0.3 is 0 Å². The van der Waals surface area contributed by atoms with Crippen LogP contribution in [0.3, 0.4) is 0 Å². The molecule has 9 aliphatic rings. The lowest BCUT2D eigenvalue weighted by atomic mass is 9.64. The first-order valence-corrected chi connectivity index (χ1v) is 42.4. The van der Waals surface area contributed by atoms with Crippen LogP contribution in [-0.4, -0.2) is 55.2 Å². The molecule has 4 saturated carbocycles. The van der Waals surface area contributed by atoms with Crippen LogP contribution in [0.2, 0.25) is 0 Å². The fraction of sp³-hybridized carbons (Fsp3) is 0.893. The molecule has 95 heavy (non-hydrogen) atoms. The third kappa shape index (κ3) is 21.5. The van der Waals surface area contributed by atoms with Gasteiger partial charge in [-0.25, -0.2) is 5.84 Å². The van der Waals surface area contributed by atoms with Gasteiger partial charge in [-0.1, -0.05) is 297 Å². The summed E-state index contributed by atoms with van der Waals surface area (Å²) in [6, 6.07) is 8.29. The van der Waals surface area contributed by atoms with Crippen molar-refractivity contribution in [3.8, 4) is 11.8 Å². The molecule has 9 fully saturated rings. The zero-order valence-corrected chi connectivity index (χ0v) is 62.1. The molecule has 0 radical (unpaired) electrons. The first-order valence-electron chi connectivity index (χ1n) is 42.4. The van der Waals surface area contributed by atoms with Crippen LogP contribution in [0.1, 0.15) is 342 Å². The number of hydrogen-bond acceptors (Lipinski definition) is 10. The summed E-state index contributed by atoms with van der Waals surface area (Å²) in [5.74, 6) is 22.8. The molecule has 11 N–H and O–H groups in total. The number of rotatable bonds is 38. The molecule has 10 rings (SSSR count). The average molecular weight is 1310 g/mol. The lowest BCUT2D eigenvalue weighted by Crippen LogP contribution is -2.61. The van der Waals surface area contributed by atoms with Gasteiger partial charge in [0.25, 0.3) is 0 Å². The van der Waals surface area contributed by atoms with Crippen LogP contribution in [0, 0.1) is 101 Å². The Bertz CT molecular complexity index is 2360. The second kappa shape index (κ2) is 40.5. The smallest absolute Gasteiger partial charge is 0.238 e. The van der Waals surface area contributed by atoms with Crippen molar-refractivity contribution in [3.05, 3.63) is 35.4 Å². The van der Waals surface area contributed by atoms with E-state index < -0.39 is 0 Å². The standard InChI is InChI=1S/C84H148N10O/c1-7-13-19-25-31-37-62-53-70-71(54-63(62)38-32-26-20-14-8-2)81-89-79(70)87-77-68-50-49-60(46-43-59-44-47-61(48-45-59)52-76(95)94-85)51-69(68)78(86-77)88-80-72-55-64(39-33-27-21-15-9-3)65(40-34-28-22-16-10-4)56-73(72)82(90-80)92-84-75-58-67(42-36-30-24-18-12-6)66(41-35-29-23-17-11-5)57-74(75)83(91-81)93-84/h44-45,47-48,60,62-75,77-84,86-93H,7-42,49-58,85H2,1-6H3,(H,94,95). The van der Waals surface area contributed by atoms with Crippen molar-refractivity contribution in [3.63, 3.8) is 0 Å². The maximum atomic E-state index is 12.1. The van der Waals surface area contributed by atoms with Gasteiger partial charge in [-0.15, -0.1) is 0 Å². The van der Waals surface area contributed by atoms with Gasteiger partial charge in [-0.05, 0) is 158 Å². The van der Waals surface area contributed by atoms with E-state index in [0.29, 0.717) is 65.6 Å². The Kier molecular flexibility index (Phi) is 32.2. The molecule has 1 aromatic rings. The van der Waals surface area contributed by atoms with E-state index in [9.17, 15) is 4.79 Å². The molecule has 540 valence electrons. The summed E-state index contributed by atoms with van der Waals surface area (Å²) >= 11 is 0. The van der Waals surface area contributed by atoms with E-state index in [1.54, 1.807) is 0 Å². The molecular weight excluding hydrogens is 1160 g/mol. The van der Waals surface area contributed by atoms with Crippen LogP contribution >= 0.6 is 0 Å². The third-order valence-electron chi connectivity index (χ3n) is 27.3. The molecule has 23 unspecified atom stereocenters. The van der Waals surface area contributed by atoms with Gasteiger partial charge >= 0.3 is 0 Å². The molecular formula is C84H148N10O. The summed E-state index contributed by atoms with van der Waals surface area (Å²) in [6.45, 7) is 14.3. The van der Waals surface area contributed by atoms with Crippen LogP contribution in [0.25, 0.3) is 0 Å². The molecule has 4 aliphatic carbocycles. The average Bonchev–Trinajstić information content (AvgIpc) is 1.61. The number of hydrazine groups is 1. The van der Waals surface area contributed by atoms with Crippen molar-refractivity contribution >= 4 is 5.91 Å². The minimum Gasteiger partial charge on any atom is -0.294 e. The molecule has 23 atom stereocenters. The summed E-state index contributed by atoms with van der Waals surface area (Å²) in [5, 5.41) is 37.1. The topological polar surface area (TPSA) is 151 Å². The summed E-state index contributed by atoms with van der Waals surface area (Å²) in [6.07, 6.45) is 64.3. The molecule has 1 amide bonds. The van der Waals surface area contributed by atoms with Crippen molar-refractivity contribution in [1.82, 2.24) is 48.0 Å². The number of benzene rings is 1. The van der Waals surface area contributed by atoms with Crippen molar-refractivity contribution in [2.45, 2.75) is 386 Å². The second-order valence-electron chi connectivity index (χ2n) is 33.9. The fourth-order valence-corrected chi connectivity index (χ4v) is 22.0. The monoisotopic (exact) mass is 1310 g/mol. The number of carbonyl (C=O) groups excluding carboxylic acids is 1. The molecule has 0 aromatic heterocycles. The second-order valence-corrected chi connectivity index (χ2v) is 33.9. The Morgan fingerprint density at radius 1 is 0.347 bits per heavy atom. The first kappa shape index (κ1) is 75.6. The Balaban J connectivity index is 0.992. The zero-order chi connectivity index (χ0) is 66.1. The minimum atomic E-state index is -0.169. The minimum absolute atomic E-state index is 0.169. The fourth-order valence-electron chi connectivity index (χ4n) is 22.0. The number of unbranched alkanes of at least 4 members (excludes halogenated alkanes) is 24. The van der Waals surface area contributed by atoms with Gasteiger partial charge in [0.15, 0.2) is 0 Å². The predicted octanol–water partition coefficient (Wildman–Crippen LogP) is 17.9. The van der Waals surface area contributed by atoms with Gasteiger partial charge in [0.2, 0.25) is 5.91 Å². The summed E-state index contributed by atoms with van der Waals surface area (Å²) in [7, 11) is 0. The van der Waals surface area contributed by atoms with Crippen molar-refractivity contribution < 1.29 is 4.79 Å². The maximum Gasteiger partial charge on any atom is 0.238 e. The highest BCUT2D eigenvalue weighted by Crippen LogP contribution is 2.53. The largest absolute Gasteiger partial charge is 0.294 e. The first-order chi connectivity index (χ1) is 46.7. The molecule has 0 spiro atoms. The third-order valence-corrected chi connectivity index (χ3v) is 27.3. The lowest BCUT2D eigenvalue weighted by Gasteiger charge is -2.44. The van der Waals surface area contributed by atoms with E-state index in [4.69, 9.17) is 16.5 Å². The van der Waals surface area contributed by atoms with Crippen molar-refractivity contribution in [2.24, 2.45) is 94.6 Å². The number of nitrogens with one attached hydrogen (secondary N) is 9. The number of carbonyl (C=O) groups is 1. The van der Waals surface area contributed by atoms with E-state index in [2.05, 4.69) is 103 Å². The Morgan fingerprint density at radius 3 is 0.863 bits per heavy atom. The predicted molar refractivity (Wildman–Crippen MR) is 399 cm³/mol. The van der Waals surface area contributed by atoms with Gasteiger partial charge in [-0.2, -0.15) is 0 Å². The van der Waals surface area contributed by atoms with Gasteiger partial charge in [0.05, 0.1) is 55.7 Å². The Labute approximate surface area is 583 Å². The summed E-state index contributed by atoms with van der Waals surface area (Å²) in [5.41, 5.74) is 4.29.